The average Bonchev–Trinajstić information content (AvgIpc) is 2.28. The van der Waals surface area contributed by atoms with Gasteiger partial charge in [0.15, 0.2) is 0 Å². The smallest absolute Gasteiger partial charge is 0.325 e. The molecule has 0 radical (unpaired) electrons. The van der Waals surface area contributed by atoms with E-state index in [0.29, 0.717) is 0 Å². The third-order valence-corrected chi connectivity index (χ3v) is 2.50. The van der Waals surface area contributed by atoms with Crippen molar-refractivity contribution in [1.82, 2.24) is 0 Å². The Morgan fingerprint density at radius 1 is 1.19 bits per heavy atom. The molecular formula is C13H13NO2. The van der Waals surface area contributed by atoms with E-state index in [1.165, 1.54) is 0 Å². The minimum Gasteiger partial charge on any atom is -0.480 e. The molecular weight excluding hydrogens is 202 g/mol. The number of anilines is 1. The summed E-state index contributed by atoms with van der Waals surface area (Å²) in [7, 11) is 0. The lowest BCUT2D eigenvalue weighted by molar-refractivity contribution is -0.137. The van der Waals surface area contributed by atoms with Crippen molar-refractivity contribution in [1.29, 1.82) is 0 Å². The third-order valence-electron chi connectivity index (χ3n) is 2.50. The molecule has 0 aliphatic carbocycles. The van der Waals surface area contributed by atoms with Gasteiger partial charge in [-0.15, -0.1) is 0 Å². The highest BCUT2D eigenvalue weighted by Gasteiger charge is 2.09. The molecule has 0 fully saturated rings. The molecule has 0 aliphatic heterocycles. The van der Waals surface area contributed by atoms with Crippen LogP contribution >= 0.6 is 0 Å². The van der Waals surface area contributed by atoms with E-state index >= 15 is 0 Å². The van der Waals surface area contributed by atoms with Crippen molar-refractivity contribution in [2.24, 2.45) is 0 Å². The number of hydrogen-bond donors (Lipinski definition) is 2. The molecule has 1 atom stereocenters. The van der Waals surface area contributed by atoms with Gasteiger partial charge >= 0.3 is 5.97 Å². The Morgan fingerprint density at radius 3 is 2.56 bits per heavy atom. The van der Waals surface area contributed by atoms with Crippen molar-refractivity contribution in [2.45, 2.75) is 13.0 Å². The van der Waals surface area contributed by atoms with Gasteiger partial charge in [-0.3, -0.25) is 4.79 Å². The van der Waals surface area contributed by atoms with Crippen LogP contribution in [0.4, 0.5) is 5.69 Å². The van der Waals surface area contributed by atoms with Crippen molar-refractivity contribution in [3.63, 3.8) is 0 Å². The predicted octanol–water partition coefficient (Wildman–Crippen LogP) is 2.72. The molecule has 0 aliphatic rings. The third kappa shape index (κ3) is 2.14. The summed E-state index contributed by atoms with van der Waals surface area (Å²) in [6.07, 6.45) is 0. The first kappa shape index (κ1) is 10.5. The van der Waals surface area contributed by atoms with Crippen molar-refractivity contribution < 1.29 is 9.90 Å². The molecule has 2 N–H and O–H groups in total. The van der Waals surface area contributed by atoms with Crippen LogP contribution in [0.5, 0.6) is 0 Å². The van der Waals surface area contributed by atoms with Crippen molar-refractivity contribution in [3.8, 4) is 0 Å². The van der Waals surface area contributed by atoms with Crippen LogP contribution in [-0.4, -0.2) is 17.1 Å². The molecule has 0 spiro atoms. The van der Waals surface area contributed by atoms with E-state index in [2.05, 4.69) is 5.32 Å². The number of rotatable bonds is 3. The summed E-state index contributed by atoms with van der Waals surface area (Å²) in [5, 5.41) is 14.0. The van der Waals surface area contributed by atoms with E-state index in [4.69, 9.17) is 5.11 Å². The molecule has 0 aromatic heterocycles. The standard InChI is InChI=1S/C13H13NO2/c1-9(13(15)16)14-12-7-6-10-4-2-3-5-11(10)8-12/h2-9,14H,1H3,(H,15,16)/t9-/m1/s1. The summed E-state index contributed by atoms with van der Waals surface area (Å²) >= 11 is 0. The molecule has 0 unspecified atom stereocenters. The minimum absolute atomic E-state index is 0.582. The predicted molar refractivity (Wildman–Crippen MR) is 64.7 cm³/mol. The highest BCUT2D eigenvalue weighted by molar-refractivity contribution is 5.86. The van der Waals surface area contributed by atoms with Gasteiger partial charge in [-0.1, -0.05) is 30.3 Å². The highest BCUT2D eigenvalue weighted by Crippen LogP contribution is 2.19. The Kier molecular flexibility index (Phi) is 2.77. The zero-order valence-corrected chi connectivity index (χ0v) is 8.97. The second kappa shape index (κ2) is 4.23. The molecule has 2 rings (SSSR count). The van der Waals surface area contributed by atoms with Gasteiger partial charge in [0.1, 0.15) is 6.04 Å². The van der Waals surface area contributed by atoms with Crippen LogP contribution in [0.2, 0.25) is 0 Å². The van der Waals surface area contributed by atoms with Crippen LogP contribution in [0.15, 0.2) is 42.5 Å². The lowest BCUT2D eigenvalue weighted by Crippen LogP contribution is -2.25. The first-order chi connectivity index (χ1) is 7.66. The van der Waals surface area contributed by atoms with Crippen molar-refractivity contribution in [2.75, 3.05) is 5.32 Å². The fourth-order valence-electron chi connectivity index (χ4n) is 1.59. The highest BCUT2D eigenvalue weighted by atomic mass is 16.4. The fraction of sp³-hybridized carbons (Fsp3) is 0.154. The molecule has 0 heterocycles. The van der Waals surface area contributed by atoms with Crippen LogP contribution in [0.1, 0.15) is 6.92 Å². The number of carboxylic acids is 1. The number of carboxylic acid groups (broad SMARTS) is 1. The number of aliphatic carboxylic acids is 1. The summed E-state index contributed by atoms with van der Waals surface area (Å²) in [4.78, 5) is 10.7. The molecule has 3 nitrogen and oxygen atoms in total. The zero-order valence-electron chi connectivity index (χ0n) is 8.97. The molecule has 0 amide bonds. The van der Waals surface area contributed by atoms with E-state index < -0.39 is 12.0 Å². The number of carbonyl (C=O) groups is 1. The number of fused-ring (bicyclic) bond motifs is 1. The molecule has 16 heavy (non-hydrogen) atoms. The second-order valence-corrected chi connectivity index (χ2v) is 3.77. The maximum absolute atomic E-state index is 10.7. The van der Waals surface area contributed by atoms with Gasteiger partial charge in [0.05, 0.1) is 0 Å². The largest absolute Gasteiger partial charge is 0.480 e. The van der Waals surface area contributed by atoms with Crippen molar-refractivity contribution in [3.05, 3.63) is 42.5 Å². The summed E-state index contributed by atoms with van der Waals surface area (Å²) in [6.45, 7) is 1.62. The van der Waals surface area contributed by atoms with E-state index in [9.17, 15) is 4.79 Å². The minimum atomic E-state index is -0.854. The van der Waals surface area contributed by atoms with Gasteiger partial charge in [0.25, 0.3) is 0 Å². The molecule has 2 aromatic rings. The van der Waals surface area contributed by atoms with Crippen LogP contribution in [0.3, 0.4) is 0 Å². The van der Waals surface area contributed by atoms with E-state index in [0.717, 1.165) is 16.5 Å². The number of hydrogen-bond acceptors (Lipinski definition) is 2. The molecule has 82 valence electrons. The van der Waals surface area contributed by atoms with Gasteiger partial charge < -0.3 is 10.4 Å². The second-order valence-electron chi connectivity index (χ2n) is 3.77. The Labute approximate surface area is 93.7 Å². The van der Waals surface area contributed by atoms with Gasteiger partial charge in [-0.25, -0.2) is 0 Å². The first-order valence-electron chi connectivity index (χ1n) is 5.15. The van der Waals surface area contributed by atoms with E-state index in [-0.39, 0.29) is 0 Å². The van der Waals surface area contributed by atoms with Crippen LogP contribution in [0, 0.1) is 0 Å². The summed E-state index contributed by atoms with van der Waals surface area (Å²) in [6, 6.07) is 13.2. The van der Waals surface area contributed by atoms with Crippen LogP contribution in [0.25, 0.3) is 10.8 Å². The normalized spacial score (nSPS) is 12.3. The molecule has 3 heteroatoms. The molecule has 2 aromatic carbocycles. The summed E-state index contributed by atoms with van der Waals surface area (Å²) < 4.78 is 0. The summed E-state index contributed by atoms with van der Waals surface area (Å²) in [5.41, 5.74) is 0.827. The fourth-order valence-corrected chi connectivity index (χ4v) is 1.59. The maximum Gasteiger partial charge on any atom is 0.325 e. The van der Waals surface area contributed by atoms with E-state index in [1.54, 1.807) is 6.92 Å². The molecule has 0 saturated heterocycles. The zero-order chi connectivity index (χ0) is 11.5. The van der Waals surface area contributed by atoms with Gasteiger partial charge in [-0.05, 0) is 29.8 Å². The van der Waals surface area contributed by atoms with Crippen molar-refractivity contribution >= 4 is 22.4 Å². The number of benzene rings is 2. The Bertz CT molecular complexity index is 522. The van der Waals surface area contributed by atoms with Gasteiger partial charge in [0, 0.05) is 5.69 Å². The van der Waals surface area contributed by atoms with Crippen LogP contribution in [-0.2, 0) is 4.79 Å². The number of nitrogens with one attached hydrogen (secondary N) is 1. The first-order valence-corrected chi connectivity index (χ1v) is 5.15. The Morgan fingerprint density at radius 2 is 1.88 bits per heavy atom. The van der Waals surface area contributed by atoms with Gasteiger partial charge in [0.2, 0.25) is 0 Å². The topological polar surface area (TPSA) is 49.3 Å². The quantitative estimate of drug-likeness (QED) is 0.827. The Balaban J connectivity index is 2.29. The lowest BCUT2D eigenvalue weighted by Gasteiger charge is -2.11. The lowest BCUT2D eigenvalue weighted by atomic mass is 10.1. The van der Waals surface area contributed by atoms with Gasteiger partial charge in [-0.2, -0.15) is 0 Å². The molecule has 0 bridgehead atoms. The van der Waals surface area contributed by atoms with E-state index in [1.807, 2.05) is 42.5 Å². The maximum atomic E-state index is 10.7. The summed E-state index contributed by atoms with van der Waals surface area (Å²) in [5.74, 6) is -0.854. The average molecular weight is 215 g/mol. The Hall–Kier alpha value is -2.03. The monoisotopic (exact) mass is 215 g/mol. The SMILES string of the molecule is C[C@@H](Nc1ccc2ccccc2c1)C(=O)O. The molecule has 0 saturated carbocycles. The van der Waals surface area contributed by atoms with Crippen LogP contribution < -0.4 is 5.32 Å².